The number of carboxylic acids is 1. The second-order valence-electron chi connectivity index (χ2n) is 11.2. The minimum Gasteiger partial charge on any atom is -0.488 e. The van der Waals surface area contributed by atoms with E-state index in [0.717, 1.165) is 17.2 Å². The van der Waals surface area contributed by atoms with Gasteiger partial charge in [-0.15, -0.1) is 0 Å². The van der Waals surface area contributed by atoms with Crippen LogP contribution in [0.2, 0.25) is 0 Å². The van der Waals surface area contributed by atoms with Gasteiger partial charge in [0.05, 0.1) is 53.5 Å². The molecule has 2 atom stereocenters. The number of hydrogen-bond donors (Lipinski definition) is 2. The number of aromatic nitrogens is 3. The van der Waals surface area contributed by atoms with Gasteiger partial charge in [0, 0.05) is 19.6 Å². The Balaban J connectivity index is 1.76. The molecule has 11 nitrogen and oxygen atoms in total. The molecule has 4 rings (SSSR count). The Morgan fingerprint density at radius 1 is 0.941 bits per heavy atom. The van der Waals surface area contributed by atoms with E-state index < -0.39 is 84.5 Å². The standard InChI is InChI=1S/C31H30F9N5O6/c1-3-19-14-21(26-22(4-5-24(44-26)31(38,39)40)45(19)28(48)51-7-6-25(46)47)43-27-41-15-23(50-9-8-49-2)20(42-27)12-16-10-17(29(32,33)34)13-18(11-16)30(35,36)37/h4-5,10-11,13,15,19,21H,3,6-9,12,14H2,1-2H3,(H,46,47)(H,41,42,43)/t19-,21+/m1/s1. The Bertz CT molecular complexity index is 1690. The highest BCUT2D eigenvalue weighted by atomic mass is 19.4. The Kier molecular flexibility index (Phi) is 11.9. The van der Waals surface area contributed by atoms with Crippen molar-refractivity contribution in [1.29, 1.82) is 0 Å². The number of nitrogens with one attached hydrogen (secondary N) is 1. The predicted octanol–water partition coefficient (Wildman–Crippen LogP) is 7.30. The van der Waals surface area contributed by atoms with Gasteiger partial charge in [-0.25, -0.2) is 19.7 Å². The SMILES string of the molecule is CC[C@@H]1C[C@H](Nc2ncc(OCCOC)c(Cc3cc(C(F)(F)F)cc(C(F)(F)F)c3)n2)c2nc(C(F)(F)F)ccc2N1C(=O)OCCC(=O)O. The molecule has 1 aliphatic heterocycles. The zero-order valence-electron chi connectivity index (χ0n) is 26.7. The zero-order valence-corrected chi connectivity index (χ0v) is 26.7. The van der Waals surface area contributed by atoms with Gasteiger partial charge in [-0.3, -0.25) is 9.69 Å². The molecular formula is C31H30F9N5O6. The summed E-state index contributed by atoms with van der Waals surface area (Å²) in [5.41, 5.74) is -5.39. The lowest BCUT2D eigenvalue weighted by atomic mass is 9.93. The van der Waals surface area contributed by atoms with Gasteiger partial charge < -0.3 is 24.6 Å². The summed E-state index contributed by atoms with van der Waals surface area (Å²) < 4.78 is 138. The Morgan fingerprint density at radius 3 is 2.18 bits per heavy atom. The van der Waals surface area contributed by atoms with Gasteiger partial charge in [0.25, 0.3) is 0 Å². The number of aliphatic carboxylic acids is 1. The number of halogens is 9. The average molecular weight is 740 g/mol. The van der Waals surface area contributed by atoms with Crippen LogP contribution in [0.3, 0.4) is 0 Å². The summed E-state index contributed by atoms with van der Waals surface area (Å²) in [7, 11) is 1.36. The van der Waals surface area contributed by atoms with Crippen LogP contribution in [0.5, 0.6) is 5.75 Å². The van der Waals surface area contributed by atoms with Crippen molar-refractivity contribution in [3.63, 3.8) is 0 Å². The minimum absolute atomic E-state index is 0.0232. The van der Waals surface area contributed by atoms with E-state index in [1.807, 2.05) is 0 Å². The van der Waals surface area contributed by atoms with Crippen LogP contribution >= 0.6 is 0 Å². The minimum atomic E-state index is -5.12. The summed E-state index contributed by atoms with van der Waals surface area (Å²) in [5.74, 6) is -1.67. The number of nitrogens with zero attached hydrogens (tertiary/aromatic N) is 4. The number of anilines is 2. The first-order valence-electron chi connectivity index (χ1n) is 15.1. The van der Waals surface area contributed by atoms with E-state index >= 15 is 0 Å². The van der Waals surface area contributed by atoms with Gasteiger partial charge in [-0.1, -0.05) is 6.92 Å². The number of carbonyl (C=O) groups excluding carboxylic acids is 1. The third-order valence-corrected chi connectivity index (χ3v) is 7.56. The van der Waals surface area contributed by atoms with Crippen LogP contribution in [0.4, 0.5) is 55.9 Å². The zero-order chi connectivity index (χ0) is 37.7. The second-order valence-corrected chi connectivity index (χ2v) is 11.2. The molecule has 278 valence electrons. The van der Waals surface area contributed by atoms with Crippen molar-refractivity contribution in [1.82, 2.24) is 15.0 Å². The summed E-state index contributed by atoms with van der Waals surface area (Å²) in [6.45, 7) is 1.10. The van der Waals surface area contributed by atoms with Gasteiger partial charge in [0.15, 0.2) is 5.75 Å². The van der Waals surface area contributed by atoms with Gasteiger partial charge in [0.2, 0.25) is 5.95 Å². The molecule has 3 heterocycles. The number of fused-ring (bicyclic) bond motifs is 1. The second kappa shape index (κ2) is 15.6. The number of ether oxygens (including phenoxy) is 3. The number of benzene rings is 1. The smallest absolute Gasteiger partial charge is 0.433 e. The number of carbonyl (C=O) groups is 2. The number of alkyl halides is 9. The highest BCUT2D eigenvalue weighted by molar-refractivity contribution is 5.90. The lowest BCUT2D eigenvalue weighted by Gasteiger charge is -2.39. The van der Waals surface area contributed by atoms with Crippen molar-refractivity contribution in [2.75, 3.05) is 37.1 Å². The average Bonchev–Trinajstić information content (AvgIpc) is 3.03. The predicted molar refractivity (Wildman–Crippen MR) is 159 cm³/mol. The van der Waals surface area contributed by atoms with Crippen LogP contribution in [0.15, 0.2) is 36.5 Å². The maximum atomic E-state index is 13.8. The normalized spacial score (nSPS) is 16.4. The van der Waals surface area contributed by atoms with Crippen LogP contribution in [-0.2, 0) is 39.2 Å². The van der Waals surface area contributed by atoms with E-state index in [4.69, 9.17) is 19.3 Å². The molecule has 2 N–H and O–H groups in total. The maximum absolute atomic E-state index is 13.8. The Morgan fingerprint density at radius 2 is 1.61 bits per heavy atom. The molecule has 1 amide bonds. The summed E-state index contributed by atoms with van der Waals surface area (Å²) in [6.07, 6.45) is -16.1. The largest absolute Gasteiger partial charge is 0.488 e. The molecule has 0 saturated carbocycles. The molecule has 0 aliphatic carbocycles. The van der Waals surface area contributed by atoms with E-state index in [2.05, 4.69) is 20.3 Å². The van der Waals surface area contributed by atoms with Crippen molar-refractivity contribution in [3.8, 4) is 5.75 Å². The van der Waals surface area contributed by atoms with Crippen molar-refractivity contribution in [2.24, 2.45) is 0 Å². The first-order valence-corrected chi connectivity index (χ1v) is 15.1. The molecular weight excluding hydrogens is 709 g/mol. The molecule has 1 aliphatic rings. The molecule has 0 saturated heterocycles. The number of amides is 1. The summed E-state index contributed by atoms with van der Waals surface area (Å²) in [4.78, 5) is 37.2. The Labute approximate surface area is 283 Å². The molecule has 20 heteroatoms. The first kappa shape index (κ1) is 38.9. The highest BCUT2D eigenvalue weighted by Gasteiger charge is 2.41. The third kappa shape index (κ3) is 9.89. The quantitative estimate of drug-likeness (QED) is 0.144. The van der Waals surface area contributed by atoms with E-state index in [0.29, 0.717) is 18.2 Å². The van der Waals surface area contributed by atoms with Crippen molar-refractivity contribution >= 4 is 23.7 Å². The van der Waals surface area contributed by atoms with E-state index in [1.165, 1.54) is 7.11 Å². The van der Waals surface area contributed by atoms with Gasteiger partial charge >= 0.3 is 30.6 Å². The van der Waals surface area contributed by atoms with E-state index in [1.54, 1.807) is 6.92 Å². The number of methoxy groups -OCH3 is 1. The fourth-order valence-corrected chi connectivity index (χ4v) is 5.22. The third-order valence-electron chi connectivity index (χ3n) is 7.56. The van der Waals surface area contributed by atoms with Crippen molar-refractivity contribution < 1.29 is 68.4 Å². The van der Waals surface area contributed by atoms with Crippen LogP contribution < -0.4 is 15.0 Å². The van der Waals surface area contributed by atoms with E-state index in [-0.39, 0.29) is 60.9 Å². The fraction of sp³-hybridized carbons (Fsp3) is 0.452. The summed E-state index contributed by atoms with van der Waals surface area (Å²) in [6, 6.07) is 0.840. The van der Waals surface area contributed by atoms with Gasteiger partial charge in [0.1, 0.15) is 18.9 Å². The summed E-state index contributed by atoms with van der Waals surface area (Å²) in [5, 5.41) is 11.7. The fourth-order valence-electron chi connectivity index (χ4n) is 5.22. The van der Waals surface area contributed by atoms with Crippen LogP contribution in [0.1, 0.15) is 66.0 Å². The molecule has 0 unspecified atom stereocenters. The van der Waals surface area contributed by atoms with Gasteiger partial charge in [-0.2, -0.15) is 39.5 Å². The molecule has 1 aromatic carbocycles. The lowest BCUT2D eigenvalue weighted by molar-refractivity contribution is -0.143. The number of rotatable bonds is 12. The highest BCUT2D eigenvalue weighted by Crippen LogP contribution is 2.42. The first-order chi connectivity index (χ1) is 23.8. The molecule has 0 spiro atoms. The van der Waals surface area contributed by atoms with E-state index in [9.17, 15) is 49.1 Å². The van der Waals surface area contributed by atoms with Crippen molar-refractivity contribution in [3.05, 3.63) is 70.3 Å². The van der Waals surface area contributed by atoms with Crippen LogP contribution in [-0.4, -0.2) is 65.1 Å². The van der Waals surface area contributed by atoms with Crippen LogP contribution in [0, 0.1) is 0 Å². The lowest BCUT2D eigenvalue weighted by Crippen LogP contribution is -2.46. The molecule has 0 bridgehead atoms. The topological polar surface area (TPSA) is 136 Å². The molecule has 51 heavy (non-hydrogen) atoms. The molecule has 0 radical (unpaired) electrons. The number of hydrogen-bond acceptors (Lipinski definition) is 9. The number of carboxylic acid groups (broad SMARTS) is 1. The van der Waals surface area contributed by atoms with Crippen LogP contribution in [0.25, 0.3) is 0 Å². The number of pyridine rings is 1. The maximum Gasteiger partial charge on any atom is 0.433 e. The molecule has 3 aromatic rings. The Hall–Kier alpha value is -4.88. The van der Waals surface area contributed by atoms with Gasteiger partial charge in [-0.05, 0) is 48.7 Å². The monoisotopic (exact) mass is 739 g/mol. The molecule has 0 fully saturated rings. The van der Waals surface area contributed by atoms with Crippen molar-refractivity contribution in [2.45, 2.75) is 63.2 Å². The molecule has 2 aromatic heterocycles. The summed E-state index contributed by atoms with van der Waals surface area (Å²) >= 11 is 0.